The van der Waals surface area contributed by atoms with Crippen LogP contribution in [0.25, 0.3) is 0 Å². The number of ether oxygens (including phenoxy) is 1. The van der Waals surface area contributed by atoms with Gasteiger partial charge in [0.05, 0.1) is 6.04 Å². The van der Waals surface area contributed by atoms with E-state index in [1.165, 1.54) is 0 Å². The third-order valence-corrected chi connectivity index (χ3v) is 2.48. The summed E-state index contributed by atoms with van der Waals surface area (Å²) in [5.74, 6) is 0. The fraction of sp³-hybridized carbons (Fsp3) is 0.250. The molecule has 0 saturated carbocycles. The highest BCUT2D eigenvalue weighted by atomic mass is 16.6. The molecular formula is C12H13NO2. The Morgan fingerprint density at radius 1 is 1.47 bits per heavy atom. The van der Waals surface area contributed by atoms with E-state index in [1.54, 1.807) is 4.90 Å². The molecule has 1 aromatic rings. The molecule has 78 valence electrons. The van der Waals surface area contributed by atoms with Crippen LogP contribution in [-0.4, -0.2) is 18.7 Å². The first-order valence-electron chi connectivity index (χ1n) is 4.86. The van der Waals surface area contributed by atoms with Crippen molar-refractivity contribution in [2.24, 2.45) is 0 Å². The molecule has 1 saturated heterocycles. The number of cyclic esters (lactones) is 1. The van der Waals surface area contributed by atoms with Crippen LogP contribution in [0.2, 0.25) is 0 Å². The van der Waals surface area contributed by atoms with Gasteiger partial charge in [-0.3, -0.25) is 4.90 Å². The number of hydrogen-bond donors (Lipinski definition) is 0. The molecule has 0 N–H and O–H groups in total. The topological polar surface area (TPSA) is 29.5 Å². The van der Waals surface area contributed by atoms with Gasteiger partial charge in [0.1, 0.15) is 6.61 Å². The molecule has 1 aliphatic heterocycles. The number of carbonyl (C=O) groups excluding carboxylic acids is 1. The van der Waals surface area contributed by atoms with Gasteiger partial charge in [0.2, 0.25) is 0 Å². The second-order valence-electron chi connectivity index (χ2n) is 3.64. The van der Waals surface area contributed by atoms with Gasteiger partial charge in [-0.05, 0) is 19.1 Å². The van der Waals surface area contributed by atoms with Gasteiger partial charge in [0.15, 0.2) is 0 Å². The van der Waals surface area contributed by atoms with Gasteiger partial charge in [0.25, 0.3) is 0 Å². The Kier molecular flexibility index (Phi) is 2.46. The van der Waals surface area contributed by atoms with Crippen molar-refractivity contribution in [3.8, 4) is 0 Å². The lowest BCUT2D eigenvalue weighted by Crippen LogP contribution is -2.33. The molecule has 15 heavy (non-hydrogen) atoms. The minimum atomic E-state index is -0.297. The Bertz CT molecular complexity index is 386. The van der Waals surface area contributed by atoms with Crippen LogP contribution in [-0.2, 0) is 4.74 Å². The van der Waals surface area contributed by atoms with E-state index in [9.17, 15) is 4.79 Å². The molecule has 1 fully saturated rings. The second-order valence-corrected chi connectivity index (χ2v) is 3.64. The van der Waals surface area contributed by atoms with Crippen LogP contribution < -0.4 is 4.90 Å². The molecule has 0 aliphatic carbocycles. The highest BCUT2D eigenvalue weighted by Crippen LogP contribution is 2.25. The van der Waals surface area contributed by atoms with Crippen LogP contribution in [0.5, 0.6) is 0 Å². The number of anilines is 1. The van der Waals surface area contributed by atoms with Crippen LogP contribution in [0.15, 0.2) is 42.5 Å². The van der Waals surface area contributed by atoms with Crippen LogP contribution >= 0.6 is 0 Å². The minimum absolute atomic E-state index is 0.0418. The summed E-state index contributed by atoms with van der Waals surface area (Å²) in [5, 5.41) is 0. The average molecular weight is 203 g/mol. The van der Waals surface area contributed by atoms with Crippen molar-refractivity contribution in [1.29, 1.82) is 0 Å². The Morgan fingerprint density at radius 3 is 2.73 bits per heavy atom. The van der Waals surface area contributed by atoms with Crippen LogP contribution in [0, 0.1) is 0 Å². The molecule has 0 aromatic heterocycles. The van der Waals surface area contributed by atoms with E-state index in [0.717, 1.165) is 11.3 Å². The number of benzene rings is 1. The van der Waals surface area contributed by atoms with E-state index < -0.39 is 0 Å². The van der Waals surface area contributed by atoms with Crippen LogP contribution in [0.1, 0.15) is 6.92 Å². The monoisotopic (exact) mass is 203 g/mol. The highest BCUT2D eigenvalue weighted by molar-refractivity contribution is 5.91. The standard InChI is InChI=1S/C12H13NO2/c1-9(2)11-8-15-12(14)13(11)10-6-4-3-5-7-10/h3-7,11H,1,8H2,2H3. The molecule has 1 aliphatic rings. The summed E-state index contributed by atoms with van der Waals surface area (Å²) in [6.07, 6.45) is -0.297. The Balaban J connectivity index is 2.33. The van der Waals surface area contributed by atoms with E-state index in [0.29, 0.717) is 6.61 Å². The summed E-state index contributed by atoms with van der Waals surface area (Å²) in [6.45, 7) is 6.17. The van der Waals surface area contributed by atoms with Gasteiger partial charge in [-0.15, -0.1) is 0 Å². The highest BCUT2D eigenvalue weighted by Gasteiger charge is 2.34. The molecule has 0 spiro atoms. The van der Waals surface area contributed by atoms with E-state index >= 15 is 0 Å². The minimum Gasteiger partial charge on any atom is -0.447 e. The first-order chi connectivity index (χ1) is 7.20. The van der Waals surface area contributed by atoms with Gasteiger partial charge in [-0.1, -0.05) is 30.4 Å². The molecular weight excluding hydrogens is 190 g/mol. The van der Waals surface area contributed by atoms with Crippen molar-refractivity contribution in [2.75, 3.05) is 11.5 Å². The van der Waals surface area contributed by atoms with E-state index in [2.05, 4.69) is 6.58 Å². The number of hydrogen-bond acceptors (Lipinski definition) is 2. The number of nitrogens with zero attached hydrogens (tertiary/aromatic N) is 1. The lowest BCUT2D eigenvalue weighted by atomic mass is 10.1. The fourth-order valence-corrected chi connectivity index (χ4v) is 1.66. The average Bonchev–Trinajstić information content (AvgIpc) is 2.61. The Morgan fingerprint density at radius 2 is 2.13 bits per heavy atom. The molecule has 0 radical (unpaired) electrons. The fourth-order valence-electron chi connectivity index (χ4n) is 1.66. The smallest absolute Gasteiger partial charge is 0.415 e. The zero-order chi connectivity index (χ0) is 10.8. The summed E-state index contributed by atoms with van der Waals surface area (Å²) >= 11 is 0. The van der Waals surface area contributed by atoms with Crippen molar-refractivity contribution in [1.82, 2.24) is 0 Å². The third kappa shape index (κ3) is 1.73. The summed E-state index contributed by atoms with van der Waals surface area (Å²) in [6, 6.07) is 9.46. The molecule has 3 heteroatoms. The molecule has 1 amide bonds. The number of rotatable bonds is 2. The van der Waals surface area contributed by atoms with Crippen molar-refractivity contribution in [2.45, 2.75) is 13.0 Å². The van der Waals surface area contributed by atoms with Gasteiger partial charge in [0, 0.05) is 5.69 Å². The summed E-state index contributed by atoms with van der Waals surface area (Å²) in [7, 11) is 0. The second kappa shape index (κ2) is 3.77. The van der Waals surface area contributed by atoms with E-state index in [-0.39, 0.29) is 12.1 Å². The summed E-state index contributed by atoms with van der Waals surface area (Å²) in [4.78, 5) is 13.2. The lowest BCUT2D eigenvalue weighted by Gasteiger charge is -2.21. The first kappa shape index (κ1) is 9.77. The SMILES string of the molecule is C=C(C)C1COC(=O)N1c1ccccc1. The molecule has 2 rings (SSSR count). The van der Waals surface area contributed by atoms with E-state index in [1.807, 2.05) is 37.3 Å². The molecule has 1 atom stereocenters. The van der Waals surface area contributed by atoms with Gasteiger partial charge < -0.3 is 4.74 Å². The summed E-state index contributed by atoms with van der Waals surface area (Å²) in [5.41, 5.74) is 1.79. The zero-order valence-electron chi connectivity index (χ0n) is 8.64. The van der Waals surface area contributed by atoms with Crippen molar-refractivity contribution in [3.63, 3.8) is 0 Å². The predicted octanol–water partition coefficient (Wildman–Crippen LogP) is 2.59. The number of para-hydroxylation sites is 1. The maximum absolute atomic E-state index is 11.6. The maximum Gasteiger partial charge on any atom is 0.415 e. The predicted molar refractivity (Wildman–Crippen MR) is 58.9 cm³/mol. The number of carbonyl (C=O) groups is 1. The van der Waals surface area contributed by atoms with Gasteiger partial charge in [-0.25, -0.2) is 4.79 Å². The normalized spacial score (nSPS) is 20.2. The number of amides is 1. The molecule has 3 nitrogen and oxygen atoms in total. The molecule has 0 bridgehead atoms. The van der Waals surface area contributed by atoms with Crippen molar-refractivity contribution in [3.05, 3.63) is 42.5 Å². The lowest BCUT2D eigenvalue weighted by molar-refractivity contribution is 0.179. The largest absolute Gasteiger partial charge is 0.447 e. The van der Waals surface area contributed by atoms with Crippen LogP contribution in [0.3, 0.4) is 0 Å². The quantitative estimate of drug-likeness (QED) is 0.691. The van der Waals surface area contributed by atoms with E-state index in [4.69, 9.17) is 4.74 Å². The van der Waals surface area contributed by atoms with Crippen LogP contribution in [0.4, 0.5) is 10.5 Å². The van der Waals surface area contributed by atoms with Crippen molar-refractivity contribution < 1.29 is 9.53 Å². The van der Waals surface area contributed by atoms with Gasteiger partial charge in [-0.2, -0.15) is 0 Å². The summed E-state index contributed by atoms with van der Waals surface area (Å²) < 4.78 is 5.02. The Hall–Kier alpha value is -1.77. The first-order valence-corrected chi connectivity index (χ1v) is 4.86. The molecule has 1 unspecified atom stereocenters. The Labute approximate surface area is 89.0 Å². The zero-order valence-corrected chi connectivity index (χ0v) is 8.64. The molecule has 1 heterocycles. The maximum atomic E-state index is 11.6. The van der Waals surface area contributed by atoms with Gasteiger partial charge >= 0.3 is 6.09 Å². The van der Waals surface area contributed by atoms with Crippen molar-refractivity contribution >= 4 is 11.8 Å². The third-order valence-electron chi connectivity index (χ3n) is 2.48. The molecule has 1 aromatic carbocycles.